The molecule has 134 valence electrons. The van der Waals surface area contributed by atoms with Crippen LogP contribution in [0, 0.1) is 0 Å². The number of aliphatic hydroxyl groups excluding tert-OH is 1. The van der Waals surface area contributed by atoms with Crippen LogP contribution < -0.4 is 9.80 Å². The van der Waals surface area contributed by atoms with Crippen LogP contribution in [0.4, 0.5) is 11.4 Å². The number of hydrogen-bond acceptors (Lipinski definition) is 5. The van der Waals surface area contributed by atoms with Crippen LogP contribution in [0.1, 0.15) is 19.3 Å². The number of carboxylic acids is 1. The Hall–Kier alpha value is -2.45. The minimum atomic E-state index is -1.93. The lowest BCUT2D eigenvalue weighted by molar-refractivity contribution is -0.163. The average molecular weight is 348 g/mol. The molecule has 2 aliphatic heterocycles. The number of benzene rings is 1. The van der Waals surface area contributed by atoms with Crippen LogP contribution in [0.2, 0.25) is 0 Å². The monoisotopic (exact) mass is 348 g/mol. The molecular weight excluding hydrogens is 328 g/mol. The number of carbonyl (C=O) groups is 3. The van der Waals surface area contributed by atoms with Crippen molar-refractivity contribution < 1.29 is 29.3 Å². The Morgan fingerprint density at radius 2 is 1.80 bits per heavy atom. The smallest absolute Gasteiger partial charge is 0.335 e. The lowest BCUT2D eigenvalue weighted by Crippen LogP contribution is -2.55. The van der Waals surface area contributed by atoms with Gasteiger partial charge in [0, 0.05) is 19.5 Å². The number of carbonyl (C=O) groups excluding carboxylic acids is 2. The number of piperidine rings is 1. The largest absolute Gasteiger partial charge is 0.479 e. The van der Waals surface area contributed by atoms with Crippen molar-refractivity contribution in [2.45, 2.75) is 31.5 Å². The summed E-state index contributed by atoms with van der Waals surface area (Å²) in [5.41, 5.74) is 1.14. The summed E-state index contributed by atoms with van der Waals surface area (Å²) in [6.07, 6.45) is -1.19. The molecule has 8 heteroatoms. The maximum Gasteiger partial charge on any atom is 0.335 e. The van der Waals surface area contributed by atoms with E-state index >= 15 is 0 Å². The molecule has 25 heavy (non-hydrogen) atoms. The molecule has 1 aromatic rings. The molecule has 0 aliphatic carbocycles. The maximum absolute atomic E-state index is 12.7. The minimum Gasteiger partial charge on any atom is -0.479 e. The average Bonchev–Trinajstić information content (AvgIpc) is 2.62. The van der Waals surface area contributed by atoms with Gasteiger partial charge in [0.2, 0.25) is 5.91 Å². The Morgan fingerprint density at radius 1 is 1.12 bits per heavy atom. The number of hydrogen-bond donors (Lipinski definition) is 2. The second kappa shape index (κ2) is 7.20. The molecule has 0 spiro atoms. The molecule has 8 nitrogen and oxygen atoms in total. The third-order valence-electron chi connectivity index (χ3n) is 4.45. The van der Waals surface area contributed by atoms with Crippen molar-refractivity contribution in [1.29, 1.82) is 0 Å². The Morgan fingerprint density at radius 3 is 2.44 bits per heavy atom. The number of anilines is 2. The Balaban J connectivity index is 1.92. The molecule has 2 heterocycles. The summed E-state index contributed by atoms with van der Waals surface area (Å²) < 4.78 is 5.17. The van der Waals surface area contributed by atoms with Gasteiger partial charge >= 0.3 is 5.97 Å². The van der Waals surface area contributed by atoms with Gasteiger partial charge in [-0.2, -0.15) is 0 Å². The van der Waals surface area contributed by atoms with E-state index in [-0.39, 0.29) is 19.1 Å². The van der Waals surface area contributed by atoms with Gasteiger partial charge in [-0.1, -0.05) is 12.1 Å². The summed E-state index contributed by atoms with van der Waals surface area (Å²) >= 11 is 0. The second-order valence-electron chi connectivity index (χ2n) is 6.06. The van der Waals surface area contributed by atoms with Gasteiger partial charge in [0.05, 0.1) is 18.0 Å². The zero-order valence-electron chi connectivity index (χ0n) is 13.6. The zero-order chi connectivity index (χ0) is 18.0. The van der Waals surface area contributed by atoms with Crippen LogP contribution >= 0.6 is 0 Å². The highest BCUT2D eigenvalue weighted by Gasteiger charge is 2.40. The highest BCUT2D eigenvalue weighted by molar-refractivity contribution is 6.05. The Bertz CT molecular complexity index is 691. The van der Waals surface area contributed by atoms with Crippen molar-refractivity contribution in [1.82, 2.24) is 0 Å². The third-order valence-corrected chi connectivity index (χ3v) is 4.45. The van der Waals surface area contributed by atoms with Gasteiger partial charge in [-0.3, -0.25) is 9.59 Å². The Labute approximate surface area is 144 Å². The molecule has 1 unspecified atom stereocenters. The molecule has 0 radical (unpaired) electrons. The normalized spacial score (nSPS) is 22.8. The van der Waals surface area contributed by atoms with Crippen molar-refractivity contribution in [2.24, 2.45) is 0 Å². The van der Waals surface area contributed by atoms with E-state index in [9.17, 15) is 19.5 Å². The topological polar surface area (TPSA) is 107 Å². The molecule has 2 saturated heterocycles. The number of ether oxygens (including phenoxy) is 1. The fraction of sp³-hybridized carbons (Fsp3) is 0.471. The van der Waals surface area contributed by atoms with Crippen molar-refractivity contribution in [2.75, 3.05) is 29.5 Å². The van der Waals surface area contributed by atoms with Gasteiger partial charge in [0.25, 0.3) is 5.91 Å². The predicted octanol–water partition coefficient (Wildman–Crippen LogP) is 0.381. The highest BCUT2D eigenvalue weighted by Crippen LogP contribution is 2.33. The van der Waals surface area contributed by atoms with Crippen LogP contribution in [-0.4, -0.2) is 59.9 Å². The molecule has 2 fully saturated rings. The van der Waals surface area contributed by atoms with E-state index in [1.807, 2.05) is 0 Å². The van der Waals surface area contributed by atoms with Crippen molar-refractivity contribution in [3.63, 3.8) is 0 Å². The van der Waals surface area contributed by atoms with Gasteiger partial charge in [-0.15, -0.1) is 0 Å². The van der Waals surface area contributed by atoms with Gasteiger partial charge in [-0.05, 0) is 25.0 Å². The minimum absolute atomic E-state index is 0.00142. The third kappa shape index (κ3) is 3.35. The summed E-state index contributed by atoms with van der Waals surface area (Å²) in [7, 11) is 0. The predicted molar refractivity (Wildman–Crippen MR) is 88.4 cm³/mol. The summed E-state index contributed by atoms with van der Waals surface area (Å²) in [6, 6.07) is 7.02. The van der Waals surface area contributed by atoms with Crippen LogP contribution in [-0.2, 0) is 19.1 Å². The number of aliphatic hydroxyl groups is 1. The van der Waals surface area contributed by atoms with Crippen LogP contribution in [0.3, 0.4) is 0 Å². The van der Waals surface area contributed by atoms with Gasteiger partial charge in [0.15, 0.2) is 12.2 Å². The number of amides is 2. The molecule has 0 saturated carbocycles. The zero-order valence-corrected chi connectivity index (χ0v) is 13.6. The van der Waals surface area contributed by atoms with Crippen LogP contribution in [0.15, 0.2) is 24.3 Å². The van der Waals surface area contributed by atoms with E-state index < -0.39 is 24.1 Å². The molecule has 2 atom stereocenters. The quantitative estimate of drug-likeness (QED) is 0.815. The maximum atomic E-state index is 12.7. The first-order valence-electron chi connectivity index (χ1n) is 8.24. The van der Waals surface area contributed by atoms with E-state index in [4.69, 9.17) is 9.84 Å². The number of carboxylic acid groups (broad SMARTS) is 1. The number of nitrogens with zero attached hydrogens (tertiary/aromatic N) is 2. The fourth-order valence-electron chi connectivity index (χ4n) is 3.18. The number of morpholine rings is 1. The molecule has 0 bridgehead atoms. The first kappa shape index (κ1) is 17.4. The first-order valence-corrected chi connectivity index (χ1v) is 8.24. The van der Waals surface area contributed by atoms with E-state index in [1.54, 1.807) is 29.2 Å². The van der Waals surface area contributed by atoms with Gasteiger partial charge in [-0.25, -0.2) is 4.79 Å². The van der Waals surface area contributed by atoms with Crippen molar-refractivity contribution >= 4 is 29.2 Å². The van der Waals surface area contributed by atoms with E-state index in [0.717, 1.165) is 12.8 Å². The first-order chi connectivity index (χ1) is 12.0. The summed E-state index contributed by atoms with van der Waals surface area (Å²) in [4.78, 5) is 39.0. The Kier molecular flexibility index (Phi) is 5.00. The highest BCUT2D eigenvalue weighted by atomic mass is 16.5. The summed E-state index contributed by atoms with van der Waals surface area (Å²) in [5.74, 6) is -2.14. The molecule has 2 N–H and O–H groups in total. The molecule has 3 rings (SSSR count). The lowest BCUT2D eigenvalue weighted by Gasteiger charge is -2.36. The SMILES string of the molecule is O=C(O)[C@H](O)C1OCCN(c2ccccc2N2CCCCC2=O)C1=O. The number of aliphatic carboxylic acids is 1. The van der Waals surface area contributed by atoms with E-state index in [0.29, 0.717) is 24.3 Å². The number of rotatable bonds is 4. The molecule has 2 amide bonds. The van der Waals surface area contributed by atoms with Gasteiger partial charge in [0.1, 0.15) is 0 Å². The van der Waals surface area contributed by atoms with Gasteiger partial charge < -0.3 is 24.7 Å². The summed E-state index contributed by atoms with van der Waals surface area (Å²) in [6.45, 7) is 0.902. The molecule has 0 aromatic heterocycles. The standard InChI is InChI=1S/C17H20N2O6/c20-13-7-3-4-8-18(13)11-5-1-2-6-12(11)19-9-10-25-15(16(19)22)14(21)17(23)24/h1-2,5-6,14-15,21H,3-4,7-10H2,(H,23,24)/t14-,15?/m1/s1. The fourth-order valence-corrected chi connectivity index (χ4v) is 3.18. The van der Waals surface area contributed by atoms with E-state index in [2.05, 4.69) is 0 Å². The number of para-hydroxylation sites is 2. The van der Waals surface area contributed by atoms with E-state index in [1.165, 1.54) is 4.90 Å². The molecule has 1 aromatic carbocycles. The second-order valence-corrected chi connectivity index (χ2v) is 6.06. The summed E-state index contributed by atoms with van der Waals surface area (Å²) in [5, 5.41) is 18.7. The molecule has 2 aliphatic rings. The van der Waals surface area contributed by atoms with Crippen LogP contribution in [0.25, 0.3) is 0 Å². The van der Waals surface area contributed by atoms with Crippen molar-refractivity contribution in [3.8, 4) is 0 Å². The lowest BCUT2D eigenvalue weighted by atomic mass is 10.1. The molecular formula is C17H20N2O6. The van der Waals surface area contributed by atoms with Crippen LogP contribution in [0.5, 0.6) is 0 Å². The van der Waals surface area contributed by atoms with Crippen molar-refractivity contribution in [3.05, 3.63) is 24.3 Å².